The van der Waals surface area contributed by atoms with Gasteiger partial charge in [0.05, 0.1) is 18.1 Å². The monoisotopic (exact) mass is 385 g/mol. The van der Waals surface area contributed by atoms with E-state index in [9.17, 15) is 14.4 Å². The van der Waals surface area contributed by atoms with Crippen LogP contribution in [0.25, 0.3) is 0 Å². The molecule has 0 unspecified atom stereocenters. The van der Waals surface area contributed by atoms with Gasteiger partial charge in [-0.1, -0.05) is 18.5 Å². The Morgan fingerprint density at radius 3 is 2.57 bits per heavy atom. The first kappa shape index (κ1) is 19.6. The highest BCUT2D eigenvalue weighted by Crippen LogP contribution is 2.21. The Hall–Kier alpha value is -3.16. The van der Waals surface area contributed by atoms with Crippen LogP contribution in [-0.4, -0.2) is 47.5 Å². The number of hydrogen-bond donors (Lipinski definition) is 1. The van der Waals surface area contributed by atoms with E-state index in [1.54, 1.807) is 42.2 Å². The van der Waals surface area contributed by atoms with Gasteiger partial charge in [0.25, 0.3) is 5.91 Å². The second kappa shape index (κ2) is 8.69. The summed E-state index contributed by atoms with van der Waals surface area (Å²) in [6.45, 7) is 4.81. The predicted molar refractivity (Wildman–Crippen MR) is 101 cm³/mol. The second-order valence-electron chi connectivity index (χ2n) is 6.79. The van der Waals surface area contributed by atoms with E-state index >= 15 is 0 Å². The van der Waals surface area contributed by atoms with Crippen LogP contribution in [0.4, 0.5) is 5.69 Å². The fourth-order valence-electron chi connectivity index (χ4n) is 2.77. The van der Waals surface area contributed by atoms with Crippen LogP contribution >= 0.6 is 0 Å². The van der Waals surface area contributed by atoms with Crippen LogP contribution in [0.5, 0.6) is 0 Å². The van der Waals surface area contributed by atoms with Crippen LogP contribution in [0.3, 0.4) is 0 Å². The maximum Gasteiger partial charge on any atom is 0.338 e. The van der Waals surface area contributed by atoms with Crippen molar-refractivity contribution in [1.29, 1.82) is 0 Å². The Balaban J connectivity index is 1.46. The SMILES string of the molecule is CCCCOC(=O)c1ccc(NC(=O)C2CN(C(=O)c3cc(C)on3)C2)cc1. The lowest BCUT2D eigenvalue weighted by molar-refractivity contribution is -0.123. The lowest BCUT2D eigenvalue weighted by atomic mass is 9.98. The van der Waals surface area contributed by atoms with E-state index in [-0.39, 0.29) is 29.4 Å². The molecule has 0 radical (unpaired) electrons. The average Bonchev–Trinajstić information content (AvgIpc) is 3.07. The van der Waals surface area contributed by atoms with Crippen LogP contribution in [0.1, 0.15) is 46.4 Å². The number of rotatable bonds is 7. The van der Waals surface area contributed by atoms with Crippen LogP contribution in [0.2, 0.25) is 0 Å². The molecule has 3 rings (SSSR count). The van der Waals surface area contributed by atoms with E-state index in [0.717, 1.165) is 12.8 Å². The Morgan fingerprint density at radius 2 is 1.96 bits per heavy atom. The predicted octanol–water partition coefficient (Wildman–Crippen LogP) is 2.65. The molecule has 1 aromatic carbocycles. The van der Waals surface area contributed by atoms with Gasteiger partial charge in [0.1, 0.15) is 5.76 Å². The fraction of sp³-hybridized carbons (Fsp3) is 0.400. The third-order valence-electron chi connectivity index (χ3n) is 4.51. The van der Waals surface area contributed by atoms with E-state index in [2.05, 4.69) is 10.5 Å². The summed E-state index contributed by atoms with van der Waals surface area (Å²) in [5.41, 5.74) is 1.28. The molecule has 0 saturated carbocycles. The van der Waals surface area contributed by atoms with Gasteiger partial charge >= 0.3 is 5.97 Å². The number of nitrogens with zero attached hydrogens (tertiary/aromatic N) is 2. The van der Waals surface area contributed by atoms with Crippen molar-refractivity contribution >= 4 is 23.5 Å². The highest BCUT2D eigenvalue weighted by molar-refractivity contribution is 5.98. The number of aromatic nitrogens is 1. The zero-order valence-corrected chi connectivity index (χ0v) is 15.9. The molecule has 8 heteroatoms. The highest BCUT2D eigenvalue weighted by Gasteiger charge is 2.37. The molecule has 1 aliphatic rings. The van der Waals surface area contributed by atoms with Gasteiger partial charge in [-0.2, -0.15) is 0 Å². The van der Waals surface area contributed by atoms with Crippen LogP contribution in [0, 0.1) is 12.8 Å². The number of hydrogen-bond acceptors (Lipinski definition) is 6. The first-order chi connectivity index (χ1) is 13.5. The molecule has 0 aliphatic carbocycles. The first-order valence-corrected chi connectivity index (χ1v) is 9.28. The third kappa shape index (κ3) is 4.57. The Morgan fingerprint density at radius 1 is 1.25 bits per heavy atom. The summed E-state index contributed by atoms with van der Waals surface area (Å²) >= 11 is 0. The van der Waals surface area contributed by atoms with Crippen molar-refractivity contribution in [3.8, 4) is 0 Å². The molecule has 8 nitrogen and oxygen atoms in total. The molecule has 28 heavy (non-hydrogen) atoms. The number of benzene rings is 1. The molecule has 1 fully saturated rings. The van der Waals surface area contributed by atoms with Crippen molar-refractivity contribution in [2.75, 3.05) is 25.0 Å². The maximum atomic E-state index is 12.3. The molecule has 0 spiro atoms. The van der Waals surface area contributed by atoms with Crippen molar-refractivity contribution in [2.45, 2.75) is 26.7 Å². The van der Waals surface area contributed by atoms with Gasteiger partial charge < -0.3 is 19.5 Å². The Labute approximate surface area is 162 Å². The summed E-state index contributed by atoms with van der Waals surface area (Å²) in [6, 6.07) is 8.13. The number of nitrogens with one attached hydrogen (secondary N) is 1. The summed E-state index contributed by atoms with van der Waals surface area (Å²) in [6.07, 6.45) is 1.79. The number of unbranched alkanes of at least 4 members (excludes halogenated alkanes) is 1. The van der Waals surface area contributed by atoms with Gasteiger partial charge in [-0.15, -0.1) is 0 Å². The van der Waals surface area contributed by atoms with Gasteiger partial charge in [0.2, 0.25) is 5.91 Å². The van der Waals surface area contributed by atoms with E-state index in [0.29, 0.717) is 36.7 Å². The molecule has 2 heterocycles. The number of esters is 1. The molecule has 2 amide bonds. The Bertz CT molecular complexity index is 853. The largest absolute Gasteiger partial charge is 0.462 e. The summed E-state index contributed by atoms with van der Waals surface area (Å²) < 4.78 is 10.1. The van der Waals surface area contributed by atoms with Gasteiger partial charge in [-0.05, 0) is 37.6 Å². The van der Waals surface area contributed by atoms with Crippen molar-refractivity contribution in [1.82, 2.24) is 10.1 Å². The number of anilines is 1. The molecule has 1 N–H and O–H groups in total. The van der Waals surface area contributed by atoms with Crippen LogP contribution in [0.15, 0.2) is 34.9 Å². The lowest BCUT2D eigenvalue weighted by Crippen LogP contribution is -2.54. The van der Waals surface area contributed by atoms with E-state index in [4.69, 9.17) is 9.26 Å². The molecule has 1 aliphatic heterocycles. The third-order valence-corrected chi connectivity index (χ3v) is 4.51. The first-order valence-electron chi connectivity index (χ1n) is 9.28. The number of amides is 2. The summed E-state index contributed by atoms with van der Waals surface area (Å²) in [4.78, 5) is 37.9. The maximum absolute atomic E-state index is 12.3. The summed E-state index contributed by atoms with van der Waals surface area (Å²) in [5.74, 6) is -0.500. The van der Waals surface area contributed by atoms with Crippen molar-refractivity contribution < 1.29 is 23.6 Å². The van der Waals surface area contributed by atoms with Gasteiger partial charge in [-0.25, -0.2) is 4.79 Å². The molecule has 148 valence electrons. The number of carbonyl (C=O) groups is 3. The van der Waals surface area contributed by atoms with E-state index in [1.807, 2.05) is 6.92 Å². The zero-order valence-electron chi connectivity index (χ0n) is 15.9. The summed E-state index contributed by atoms with van der Waals surface area (Å²) in [7, 11) is 0. The minimum absolute atomic E-state index is 0.168. The fourth-order valence-corrected chi connectivity index (χ4v) is 2.77. The van der Waals surface area contributed by atoms with Gasteiger partial charge in [0, 0.05) is 24.8 Å². The lowest BCUT2D eigenvalue weighted by Gasteiger charge is -2.37. The minimum atomic E-state index is -0.373. The van der Waals surface area contributed by atoms with Crippen LogP contribution < -0.4 is 5.32 Å². The Kier molecular flexibility index (Phi) is 6.08. The number of carbonyl (C=O) groups excluding carboxylic acids is 3. The van der Waals surface area contributed by atoms with E-state index in [1.165, 1.54) is 0 Å². The van der Waals surface area contributed by atoms with Crippen molar-refractivity contribution in [3.63, 3.8) is 0 Å². The molecule has 0 atom stereocenters. The number of likely N-dealkylation sites (tertiary alicyclic amines) is 1. The van der Waals surface area contributed by atoms with Crippen LogP contribution in [-0.2, 0) is 9.53 Å². The quantitative estimate of drug-likeness (QED) is 0.581. The van der Waals surface area contributed by atoms with Crippen molar-refractivity contribution in [2.24, 2.45) is 5.92 Å². The van der Waals surface area contributed by atoms with Crippen molar-refractivity contribution in [3.05, 3.63) is 47.3 Å². The molecular formula is C20H23N3O5. The molecule has 2 aromatic rings. The molecular weight excluding hydrogens is 362 g/mol. The standard InChI is InChI=1S/C20H23N3O5/c1-3-4-9-27-20(26)14-5-7-16(8-6-14)21-18(24)15-11-23(12-15)19(25)17-10-13(2)28-22-17/h5-8,10,15H,3-4,9,11-12H2,1-2H3,(H,21,24). The normalized spacial score (nSPS) is 13.7. The average molecular weight is 385 g/mol. The molecule has 0 bridgehead atoms. The smallest absolute Gasteiger partial charge is 0.338 e. The molecule has 1 saturated heterocycles. The number of aryl methyl sites for hydroxylation is 1. The van der Waals surface area contributed by atoms with E-state index < -0.39 is 0 Å². The zero-order chi connectivity index (χ0) is 20.1. The number of ether oxygens (including phenoxy) is 1. The van der Waals surface area contributed by atoms with Gasteiger partial charge in [-0.3, -0.25) is 9.59 Å². The van der Waals surface area contributed by atoms with Gasteiger partial charge in [0.15, 0.2) is 5.69 Å². The minimum Gasteiger partial charge on any atom is -0.462 e. The topological polar surface area (TPSA) is 102 Å². The molecule has 1 aromatic heterocycles. The summed E-state index contributed by atoms with van der Waals surface area (Å²) in [5, 5.41) is 6.50. The second-order valence-corrected chi connectivity index (χ2v) is 6.79. The highest BCUT2D eigenvalue weighted by atomic mass is 16.5.